The van der Waals surface area contributed by atoms with Crippen molar-refractivity contribution in [2.75, 3.05) is 42.4 Å². The molecule has 2 aliphatic rings. The van der Waals surface area contributed by atoms with Crippen molar-refractivity contribution in [1.82, 2.24) is 19.4 Å². The predicted molar refractivity (Wildman–Crippen MR) is 155 cm³/mol. The lowest BCUT2D eigenvalue weighted by atomic mass is 10.1. The van der Waals surface area contributed by atoms with Crippen molar-refractivity contribution >= 4 is 38.7 Å². The third kappa shape index (κ3) is 6.00. The summed E-state index contributed by atoms with van der Waals surface area (Å²) in [6.45, 7) is 4.53. The fourth-order valence-electron chi connectivity index (χ4n) is 5.23. The average molecular weight is 606 g/mol. The molecule has 2 aliphatic heterocycles. The lowest BCUT2D eigenvalue weighted by molar-refractivity contribution is -0.0592. The van der Waals surface area contributed by atoms with Crippen molar-refractivity contribution in [3.05, 3.63) is 77.4 Å². The van der Waals surface area contributed by atoms with Crippen molar-refractivity contribution in [1.29, 1.82) is 5.26 Å². The number of benzene rings is 2. The fraction of sp³-hybridized carbons (Fsp3) is 0.310. The summed E-state index contributed by atoms with van der Waals surface area (Å²) in [6, 6.07) is 14.9. The molecule has 14 heteroatoms. The Balaban J connectivity index is 1.14. The van der Waals surface area contributed by atoms with Crippen LogP contribution in [0.2, 0.25) is 0 Å². The maximum absolute atomic E-state index is 14.4. The van der Waals surface area contributed by atoms with Crippen LogP contribution in [0.3, 0.4) is 0 Å². The molecule has 2 saturated heterocycles. The van der Waals surface area contributed by atoms with Gasteiger partial charge in [0.15, 0.2) is 0 Å². The first kappa shape index (κ1) is 28.5. The molecule has 43 heavy (non-hydrogen) atoms. The first-order valence-corrected chi connectivity index (χ1v) is 15.2. The molecule has 0 radical (unpaired) electrons. The maximum Gasteiger partial charge on any atom is 0.335 e. The van der Waals surface area contributed by atoms with Gasteiger partial charge in [0, 0.05) is 32.8 Å². The zero-order chi connectivity index (χ0) is 30.1. The molecule has 0 saturated carbocycles. The third-order valence-electron chi connectivity index (χ3n) is 7.64. The Morgan fingerprint density at radius 2 is 1.91 bits per heavy atom. The van der Waals surface area contributed by atoms with Gasteiger partial charge < -0.3 is 19.3 Å². The maximum atomic E-state index is 14.4. The molecule has 2 N–H and O–H groups in total. The zero-order valence-corrected chi connectivity index (χ0v) is 23.8. The number of rotatable bonds is 9. The lowest BCUT2D eigenvalue weighted by Gasteiger charge is -2.35. The summed E-state index contributed by atoms with van der Waals surface area (Å²) in [5.74, 6) is -0.535. The van der Waals surface area contributed by atoms with E-state index in [0.29, 0.717) is 45.1 Å². The number of aromatic carboxylic acids is 1. The molecule has 0 amide bonds. The highest BCUT2D eigenvalue weighted by Crippen LogP contribution is 2.25. The van der Waals surface area contributed by atoms with Crippen LogP contribution in [0, 0.1) is 17.1 Å². The van der Waals surface area contributed by atoms with E-state index in [4.69, 9.17) is 15.0 Å². The standard InChI is InChI=1S/C29H28FN7O5S/c30-22-14-19(16-31)4-7-25(22)43(40,41)34-26-2-1-3-27(33-26)36-11-9-35(10-12-36)18-28-32-23-6-5-20(29(38)39)15-24(23)37(28)17-21-8-13-42-21/h1-7,14-15,21H,8-13,17-18H2,(H,33,34)(H,38,39). The van der Waals surface area contributed by atoms with E-state index in [9.17, 15) is 22.7 Å². The number of nitrogens with one attached hydrogen (secondary N) is 1. The van der Waals surface area contributed by atoms with Crippen LogP contribution in [0.1, 0.15) is 28.2 Å². The molecule has 4 heterocycles. The summed E-state index contributed by atoms with van der Waals surface area (Å²) >= 11 is 0. The number of carboxylic acid groups (broad SMARTS) is 1. The summed E-state index contributed by atoms with van der Waals surface area (Å²) in [4.78, 5) is 24.6. The normalized spacial score (nSPS) is 17.4. The summed E-state index contributed by atoms with van der Waals surface area (Å²) in [7, 11) is -4.26. The first-order valence-electron chi connectivity index (χ1n) is 13.7. The molecule has 0 aliphatic carbocycles. The van der Waals surface area contributed by atoms with Crippen molar-refractivity contribution in [2.24, 2.45) is 0 Å². The van der Waals surface area contributed by atoms with Crippen molar-refractivity contribution in [3.8, 4) is 6.07 Å². The van der Waals surface area contributed by atoms with Crippen molar-refractivity contribution in [3.63, 3.8) is 0 Å². The summed E-state index contributed by atoms with van der Waals surface area (Å²) < 4.78 is 50.1. The number of hydrogen-bond acceptors (Lipinski definition) is 9. The molecule has 1 atom stereocenters. The number of aromatic nitrogens is 3. The number of nitriles is 1. The number of imidazole rings is 1. The monoisotopic (exact) mass is 605 g/mol. The van der Waals surface area contributed by atoms with E-state index in [0.717, 1.165) is 42.0 Å². The van der Waals surface area contributed by atoms with Crippen LogP contribution in [-0.2, 0) is 27.8 Å². The van der Waals surface area contributed by atoms with Gasteiger partial charge in [-0.15, -0.1) is 0 Å². The molecule has 0 bridgehead atoms. The first-order chi connectivity index (χ1) is 20.7. The van der Waals surface area contributed by atoms with Crippen LogP contribution in [0.5, 0.6) is 0 Å². The van der Waals surface area contributed by atoms with Gasteiger partial charge >= 0.3 is 5.97 Å². The lowest BCUT2D eigenvalue weighted by Crippen LogP contribution is -2.46. The zero-order valence-electron chi connectivity index (χ0n) is 23.0. The van der Waals surface area contributed by atoms with Crippen molar-refractivity contribution in [2.45, 2.75) is 30.5 Å². The van der Waals surface area contributed by atoms with Gasteiger partial charge in [-0.2, -0.15) is 5.26 Å². The fourth-order valence-corrected chi connectivity index (χ4v) is 6.30. The van der Waals surface area contributed by atoms with E-state index in [2.05, 4.69) is 19.2 Å². The highest BCUT2D eigenvalue weighted by atomic mass is 32.2. The Hall–Kier alpha value is -4.58. The van der Waals surface area contributed by atoms with E-state index in [1.807, 2.05) is 4.90 Å². The second-order valence-corrected chi connectivity index (χ2v) is 12.1. The second-order valence-electron chi connectivity index (χ2n) is 10.4. The minimum atomic E-state index is -4.26. The number of carboxylic acids is 1. The Bertz CT molecular complexity index is 1840. The Kier molecular flexibility index (Phi) is 7.70. The van der Waals surface area contributed by atoms with Crippen LogP contribution in [-0.4, -0.2) is 77.8 Å². The molecular weight excluding hydrogens is 577 g/mol. The number of piperazine rings is 1. The Morgan fingerprint density at radius 3 is 2.58 bits per heavy atom. The van der Waals surface area contributed by atoms with Gasteiger partial charge in [0.25, 0.3) is 10.0 Å². The summed E-state index contributed by atoms with van der Waals surface area (Å²) in [5, 5.41) is 18.4. The van der Waals surface area contributed by atoms with Gasteiger partial charge in [-0.05, 0) is 55.0 Å². The average Bonchev–Trinajstić information content (AvgIpc) is 3.30. The van der Waals surface area contributed by atoms with Gasteiger partial charge in [-0.1, -0.05) is 6.07 Å². The van der Waals surface area contributed by atoms with Gasteiger partial charge in [0.2, 0.25) is 0 Å². The van der Waals surface area contributed by atoms with Gasteiger partial charge in [-0.3, -0.25) is 9.62 Å². The van der Waals surface area contributed by atoms with Crippen LogP contribution >= 0.6 is 0 Å². The highest BCUT2D eigenvalue weighted by molar-refractivity contribution is 7.92. The van der Waals surface area contributed by atoms with E-state index in [1.165, 1.54) is 12.1 Å². The van der Waals surface area contributed by atoms with E-state index in [1.54, 1.807) is 36.4 Å². The molecule has 2 fully saturated rings. The molecule has 1 unspecified atom stereocenters. The van der Waals surface area contributed by atoms with Gasteiger partial charge in [0.05, 0.1) is 47.4 Å². The molecule has 2 aromatic heterocycles. The number of ether oxygens (including phenoxy) is 1. The SMILES string of the molecule is N#Cc1ccc(S(=O)(=O)Nc2cccc(N3CCN(Cc4nc5ccc(C(=O)O)cc5n4CC4CCO4)CC3)n2)c(F)c1. The van der Waals surface area contributed by atoms with Crippen molar-refractivity contribution < 1.29 is 27.4 Å². The van der Waals surface area contributed by atoms with Gasteiger partial charge in [-0.25, -0.2) is 27.6 Å². The summed E-state index contributed by atoms with van der Waals surface area (Å²) in [6.07, 6.45) is 1.02. The minimum absolute atomic E-state index is 0.0210. The number of pyridine rings is 1. The number of anilines is 2. The topological polar surface area (TPSA) is 154 Å². The minimum Gasteiger partial charge on any atom is -0.478 e. The Morgan fingerprint density at radius 1 is 1.12 bits per heavy atom. The number of fused-ring (bicyclic) bond motifs is 1. The second kappa shape index (κ2) is 11.6. The van der Waals surface area contributed by atoms with E-state index < -0.39 is 26.7 Å². The van der Waals surface area contributed by atoms with Crippen LogP contribution in [0.15, 0.2) is 59.5 Å². The smallest absolute Gasteiger partial charge is 0.335 e. The number of hydrogen-bond donors (Lipinski definition) is 2. The molecule has 4 aromatic rings. The molecule has 6 rings (SSSR count). The molecular formula is C29H28FN7O5S. The Labute approximate surface area is 247 Å². The molecule has 222 valence electrons. The quantitative estimate of drug-likeness (QED) is 0.291. The van der Waals surface area contributed by atoms with Crippen LogP contribution < -0.4 is 9.62 Å². The molecule has 12 nitrogen and oxygen atoms in total. The van der Waals surface area contributed by atoms with E-state index in [-0.39, 0.29) is 23.0 Å². The predicted octanol–water partition coefficient (Wildman–Crippen LogP) is 3.05. The molecule has 0 spiro atoms. The van der Waals surface area contributed by atoms with Crippen LogP contribution in [0.4, 0.5) is 16.0 Å². The largest absolute Gasteiger partial charge is 0.478 e. The number of carbonyl (C=O) groups is 1. The van der Waals surface area contributed by atoms with E-state index >= 15 is 0 Å². The summed E-state index contributed by atoms with van der Waals surface area (Å²) in [5.41, 5.74) is 1.74. The third-order valence-corrected chi connectivity index (χ3v) is 9.03. The highest BCUT2D eigenvalue weighted by Gasteiger charge is 2.26. The number of nitrogens with zero attached hydrogens (tertiary/aromatic N) is 6. The number of sulfonamides is 1. The van der Waals surface area contributed by atoms with Crippen LogP contribution in [0.25, 0.3) is 11.0 Å². The number of halogens is 1. The molecule has 2 aromatic carbocycles. The van der Waals surface area contributed by atoms with Gasteiger partial charge in [0.1, 0.15) is 28.2 Å².